The Morgan fingerprint density at radius 1 is 0.885 bits per heavy atom. The van der Waals surface area contributed by atoms with Gasteiger partial charge in [-0.1, -0.05) is 0 Å². The third-order valence-electron chi connectivity index (χ3n) is 7.45. The molecule has 4 fully saturated rings. The van der Waals surface area contributed by atoms with E-state index in [9.17, 15) is 4.79 Å². The predicted octanol–water partition coefficient (Wildman–Crippen LogP) is 2.82. The second kappa shape index (κ2) is 6.75. The first-order valence-electron chi connectivity index (χ1n) is 10.7. The second-order valence-corrected chi connectivity index (χ2v) is 9.21. The Balaban J connectivity index is 1.18. The van der Waals surface area contributed by atoms with E-state index in [1.54, 1.807) is 10.7 Å². The van der Waals surface area contributed by atoms with Crippen LogP contribution >= 0.6 is 0 Å². The maximum atomic E-state index is 12.3. The molecule has 2 atom stereocenters. The molecule has 2 saturated heterocycles. The summed E-state index contributed by atoms with van der Waals surface area (Å²) in [5.74, 6) is 0.611. The van der Waals surface area contributed by atoms with Crippen molar-refractivity contribution < 1.29 is 0 Å². The Bertz CT molecular complexity index is 690. The normalized spacial score (nSPS) is 37.8. The van der Waals surface area contributed by atoms with Gasteiger partial charge in [-0.3, -0.25) is 4.79 Å². The topological polar surface area (TPSA) is 50.2 Å². The lowest BCUT2D eigenvalue weighted by atomic mass is 9.89. The maximum absolute atomic E-state index is 12.3. The van der Waals surface area contributed by atoms with E-state index in [0.29, 0.717) is 24.0 Å². The maximum Gasteiger partial charge on any atom is 0.267 e. The summed E-state index contributed by atoms with van der Waals surface area (Å²) in [6.07, 6.45) is 12.4. The van der Waals surface area contributed by atoms with E-state index in [2.05, 4.69) is 17.3 Å². The molecule has 0 aromatic carbocycles. The highest BCUT2D eigenvalue weighted by Crippen LogP contribution is 2.39. The number of hydrogen-bond acceptors (Lipinski definition) is 4. The monoisotopic (exact) mass is 356 g/mol. The molecule has 1 aromatic rings. The first-order valence-corrected chi connectivity index (χ1v) is 10.7. The molecule has 142 valence electrons. The molecule has 2 aliphatic carbocycles. The molecule has 1 N–H and O–H groups in total. The van der Waals surface area contributed by atoms with E-state index in [0.717, 1.165) is 30.6 Å². The second-order valence-electron chi connectivity index (χ2n) is 9.21. The van der Waals surface area contributed by atoms with Crippen LogP contribution in [0, 0.1) is 0 Å². The number of fused-ring (bicyclic) bond motifs is 2. The largest absolute Gasteiger partial charge is 0.311 e. The van der Waals surface area contributed by atoms with Gasteiger partial charge in [-0.15, -0.1) is 0 Å². The fourth-order valence-corrected chi connectivity index (χ4v) is 5.67. The Morgan fingerprint density at radius 2 is 1.54 bits per heavy atom. The van der Waals surface area contributed by atoms with Crippen LogP contribution < -0.4 is 10.9 Å². The van der Waals surface area contributed by atoms with Gasteiger partial charge in [0, 0.05) is 36.2 Å². The lowest BCUT2D eigenvalue weighted by Crippen LogP contribution is -2.50. The average molecular weight is 357 g/mol. The van der Waals surface area contributed by atoms with Crippen LogP contribution in [0.4, 0.5) is 0 Å². The third kappa shape index (κ3) is 3.24. The van der Waals surface area contributed by atoms with E-state index in [4.69, 9.17) is 5.10 Å². The molecule has 2 bridgehead atoms. The zero-order valence-electron chi connectivity index (χ0n) is 15.9. The SMILES string of the molecule is CN1C2CCC1CC(NC1CCC(n3nc(C4CC4)ccc3=O)CC1)C2. The Kier molecular flexibility index (Phi) is 4.40. The van der Waals surface area contributed by atoms with Gasteiger partial charge in [0.2, 0.25) is 0 Å². The zero-order valence-corrected chi connectivity index (χ0v) is 15.9. The summed E-state index contributed by atoms with van der Waals surface area (Å²) in [5, 5.41) is 8.68. The van der Waals surface area contributed by atoms with Crippen LogP contribution in [0.5, 0.6) is 0 Å². The van der Waals surface area contributed by atoms with Crippen LogP contribution in [0.3, 0.4) is 0 Å². The zero-order chi connectivity index (χ0) is 17.7. The van der Waals surface area contributed by atoms with Crippen LogP contribution in [-0.2, 0) is 0 Å². The van der Waals surface area contributed by atoms with E-state index in [1.165, 1.54) is 51.4 Å². The highest BCUT2D eigenvalue weighted by atomic mass is 16.1. The summed E-state index contributed by atoms with van der Waals surface area (Å²) in [7, 11) is 2.31. The first-order chi connectivity index (χ1) is 12.7. The quantitative estimate of drug-likeness (QED) is 0.901. The molecular formula is C21H32N4O. The number of aromatic nitrogens is 2. The van der Waals surface area contributed by atoms with Crippen LogP contribution in [0.15, 0.2) is 16.9 Å². The van der Waals surface area contributed by atoms with Crippen molar-refractivity contribution in [3.05, 3.63) is 28.2 Å². The molecular weight excluding hydrogens is 324 g/mol. The van der Waals surface area contributed by atoms with Crippen LogP contribution in [0.1, 0.15) is 81.9 Å². The van der Waals surface area contributed by atoms with Gasteiger partial charge >= 0.3 is 0 Å². The summed E-state index contributed by atoms with van der Waals surface area (Å²) >= 11 is 0. The summed E-state index contributed by atoms with van der Waals surface area (Å²) in [6.45, 7) is 0. The molecule has 5 heteroatoms. The summed E-state index contributed by atoms with van der Waals surface area (Å²) in [5.41, 5.74) is 1.21. The summed E-state index contributed by atoms with van der Waals surface area (Å²) < 4.78 is 1.81. The van der Waals surface area contributed by atoms with E-state index < -0.39 is 0 Å². The Morgan fingerprint density at radius 3 is 2.19 bits per heavy atom. The van der Waals surface area contributed by atoms with Crippen molar-refractivity contribution in [1.82, 2.24) is 20.0 Å². The standard InChI is InChI=1S/C21H32N4O/c1-24-18-8-9-19(24)13-16(12-18)22-15-4-6-17(7-5-15)25-21(26)11-10-20(23-25)14-2-3-14/h10-11,14-19,22H,2-9,12-13H2,1H3. The van der Waals surface area contributed by atoms with Crippen LogP contribution in [0.25, 0.3) is 0 Å². The molecule has 2 unspecified atom stereocenters. The molecule has 0 radical (unpaired) electrons. The fraction of sp³-hybridized carbons (Fsp3) is 0.810. The van der Waals surface area contributed by atoms with Crippen molar-refractivity contribution in [3.63, 3.8) is 0 Å². The molecule has 0 spiro atoms. The molecule has 0 amide bonds. The van der Waals surface area contributed by atoms with E-state index >= 15 is 0 Å². The Labute approximate surface area is 156 Å². The fourth-order valence-electron chi connectivity index (χ4n) is 5.67. The van der Waals surface area contributed by atoms with Crippen molar-refractivity contribution >= 4 is 0 Å². The average Bonchev–Trinajstić information content (AvgIpc) is 3.46. The molecule has 3 heterocycles. The van der Waals surface area contributed by atoms with Gasteiger partial charge in [-0.2, -0.15) is 5.10 Å². The molecule has 5 rings (SSSR count). The van der Waals surface area contributed by atoms with Crippen LogP contribution in [0.2, 0.25) is 0 Å². The minimum atomic E-state index is 0.0812. The van der Waals surface area contributed by atoms with Crippen molar-refractivity contribution in [3.8, 4) is 0 Å². The number of piperidine rings is 1. The van der Waals surface area contributed by atoms with Gasteiger partial charge in [-0.05, 0) is 77.3 Å². The smallest absolute Gasteiger partial charge is 0.267 e. The van der Waals surface area contributed by atoms with Crippen molar-refractivity contribution in [1.29, 1.82) is 0 Å². The van der Waals surface area contributed by atoms with Gasteiger partial charge in [0.1, 0.15) is 0 Å². The lowest BCUT2D eigenvalue weighted by molar-refractivity contribution is 0.135. The number of nitrogens with zero attached hydrogens (tertiary/aromatic N) is 3. The van der Waals surface area contributed by atoms with Gasteiger partial charge in [0.25, 0.3) is 5.56 Å². The van der Waals surface area contributed by atoms with Crippen molar-refractivity contribution in [2.45, 2.75) is 100 Å². The van der Waals surface area contributed by atoms with Gasteiger partial charge in [-0.25, -0.2) is 4.68 Å². The number of rotatable bonds is 4. The third-order valence-corrected chi connectivity index (χ3v) is 7.45. The van der Waals surface area contributed by atoms with E-state index in [1.807, 2.05) is 6.07 Å². The molecule has 5 nitrogen and oxygen atoms in total. The Hall–Kier alpha value is -1.20. The van der Waals surface area contributed by atoms with E-state index in [-0.39, 0.29) is 5.56 Å². The van der Waals surface area contributed by atoms with Gasteiger partial charge < -0.3 is 10.2 Å². The summed E-state index contributed by atoms with van der Waals surface area (Å²) in [4.78, 5) is 14.9. The lowest BCUT2D eigenvalue weighted by Gasteiger charge is -2.39. The van der Waals surface area contributed by atoms with Gasteiger partial charge in [0.05, 0.1) is 11.7 Å². The minimum Gasteiger partial charge on any atom is -0.311 e. The van der Waals surface area contributed by atoms with Crippen LogP contribution in [-0.4, -0.2) is 45.9 Å². The molecule has 1 aromatic heterocycles. The number of hydrogen-bond donors (Lipinski definition) is 1. The summed E-state index contributed by atoms with van der Waals surface area (Å²) in [6, 6.07) is 6.90. The number of nitrogens with one attached hydrogen (secondary N) is 1. The highest BCUT2D eigenvalue weighted by molar-refractivity contribution is 5.13. The van der Waals surface area contributed by atoms with Crippen molar-refractivity contribution in [2.24, 2.45) is 0 Å². The molecule has 4 aliphatic rings. The van der Waals surface area contributed by atoms with Gasteiger partial charge in [0.15, 0.2) is 0 Å². The molecule has 2 saturated carbocycles. The highest BCUT2D eigenvalue weighted by Gasteiger charge is 2.39. The predicted molar refractivity (Wildman–Crippen MR) is 102 cm³/mol. The molecule has 26 heavy (non-hydrogen) atoms. The van der Waals surface area contributed by atoms with Crippen molar-refractivity contribution in [2.75, 3.05) is 7.05 Å². The first kappa shape index (κ1) is 16.9. The molecule has 2 aliphatic heterocycles. The minimum absolute atomic E-state index is 0.0812.